The predicted octanol–water partition coefficient (Wildman–Crippen LogP) is 3.46. The Labute approximate surface area is 148 Å². The molecule has 0 amide bonds. The second-order valence-electron chi connectivity index (χ2n) is 7.90. The molecule has 0 radical (unpaired) electrons. The molecule has 1 saturated carbocycles. The van der Waals surface area contributed by atoms with E-state index in [1.54, 1.807) is 17.7 Å². The topological polar surface area (TPSA) is 61.2 Å². The van der Waals surface area contributed by atoms with E-state index in [1.807, 2.05) is 32.9 Å². The highest BCUT2D eigenvalue weighted by Gasteiger charge is 2.27. The summed E-state index contributed by atoms with van der Waals surface area (Å²) >= 11 is 0. The fourth-order valence-electron chi connectivity index (χ4n) is 3.52. The number of carbonyl (C=O) groups excluding carboxylic acids is 1. The van der Waals surface area contributed by atoms with Crippen molar-refractivity contribution in [3.8, 4) is 5.75 Å². The molecule has 1 aromatic carbocycles. The van der Waals surface area contributed by atoms with Crippen LogP contribution in [-0.4, -0.2) is 22.4 Å². The molecule has 0 aliphatic heterocycles. The molecular formula is C20H26N2O3. The summed E-state index contributed by atoms with van der Waals surface area (Å²) in [5.41, 5.74) is 1.29. The van der Waals surface area contributed by atoms with Crippen molar-refractivity contribution in [1.29, 1.82) is 0 Å². The highest BCUT2D eigenvalue weighted by Crippen LogP contribution is 2.27. The van der Waals surface area contributed by atoms with Gasteiger partial charge >= 0.3 is 0 Å². The molecule has 134 valence electrons. The zero-order chi connectivity index (χ0) is 18.2. The fraction of sp³-hybridized carbons (Fsp3) is 0.550. The Balaban J connectivity index is 2.16. The van der Waals surface area contributed by atoms with Gasteiger partial charge in [-0.05, 0) is 25.0 Å². The van der Waals surface area contributed by atoms with E-state index in [2.05, 4.69) is 4.98 Å². The average Bonchev–Trinajstić information content (AvgIpc) is 3.10. The number of carbonyl (C=O) groups is 1. The van der Waals surface area contributed by atoms with E-state index >= 15 is 0 Å². The molecule has 0 atom stereocenters. The van der Waals surface area contributed by atoms with Crippen LogP contribution >= 0.6 is 0 Å². The van der Waals surface area contributed by atoms with Crippen molar-refractivity contribution < 1.29 is 9.53 Å². The summed E-state index contributed by atoms with van der Waals surface area (Å²) < 4.78 is 6.88. The molecule has 0 spiro atoms. The van der Waals surface area contributed by atoms with Crippen molar-refractivity contribution in [3.63, 3.8) is 0 Å². The maximum atomic E-state index is 13.1. The quantitative estimate of drug-likeness (QED) is 0.854. The number of rotatable bonds is 4. The summed E-state index contributed by atoms with van der Waals surface area (Å²) in [4.78, 5) is 30.4. The summed E-state index contributed by atoms with van der Waals surface area (Å²) in [5, 5.41) is 0. The van der Waals surface area contributed by atoms with Gasteiger partial charge in [-0.2, -0.15) is 0 Å². The molecule has 2 aromatic rings. The van der Waals surface area contributed by atoms with Gasteiger partial charge in [0, 0.05) is 17.4 Å². The number of Topliss-reactive ketones (excluding diaryl/α,β-unsaturated/α-hetero) is 1. The Morgan fingerprint density at radius 2 is 1.96 bits per heavy atom. The Kier molecular flexibility index (Phi) is 4.67. The molecular weight excluding hydrogens is 316 g/mol. The van der Waals surface area contributed by atoms with Gasteiger partial charge in [0.15, 0.2) is 5.78 Å². The smallest absolute Gasteiger partial charge is 0.273 e. The van der Waals surface area contributed by atoms with Gasteiger partial charge in [-0.15, -0.1) is 0 Å². The maximum Gasteiger partial charge on any atom is 0.273 e. The van der Waals surface area contributed by atoms with Gasteiger partial charge in [0.1, 0.15) is 11.4 Å². The minimum absolute atomic E-state index is 0.0822. The first-order valence-corrected chi connectivity index (χ1v) is 8.93. The molecule has 3 rings (SSSR count). The molecule has 1 fully saturated rings. The van der Waals surface area contributed by atoms with E-state index in [0.717, 1.165) is 25.7 Å². The molecule has 1 heterocycles. The minimum atomic E-state index is -0.386. The van der Waals surface area contributed by atoms with E-state index in [-0.39, 0.29) is 29.2 Å². The molecule has 0 bridgehead atoms. The van der Waals surface area contributed by atoms with Crippen molar-refractivity contribution >= 4 is 16.8 Å². The van der Waals surface area contributed by atoms with Gasteiger partial charge in [0.05, 0.1) is 24.7 Å². The van der Waals surface area contributed by atoms with Crippen LogP contribution in [0.3, 0.4) is 0 Å². The number of hydrogen-bond acceptors (Lipinski definition) is 4. The molecule has 5 nitrogen and oxygen atoms in total. The largest absolute Gasteiger partial charge is 0.497 e. The number of ketones is 1. The van der Waals surface area contributed by atoms with Crippen LogP contribution in [0.1, 0.15) is 52.1 Å². The number of aromatic nitrogens is 2. The van der Waals surface area contributed by atoms with Gasteiger partial charge in [0.2, 0.25) is 0 Å². The SMILES string of the molecule is COc1ccc2nc(C(C)(C)C)c(=O)n(CC(=O)C3CCCC3)c2c1. The van der Waals surface area contributed by atoms with Crippen LogP contribution in [-0.2, 0) is 16.8 Å². The highest BCUT2D eigenvalue weighted by atomic mass is 16.5. The van der Waals surface area contributed by atoms with Crippen LogP contribution < -0.4 is 10.3 Å². The van der Waals surface area contributed by atoms with Crippen molar-refractivity contribution in [3.05, 3.63) is 34.2 Å². The van der Waals surface area contributed by atoms with E-state index in [1.165, 1.54) is 0 Å². The van der Waals surface area contributed by atoms with Crippen molar-refractivity contribution in [2.75, 3.05) is 7.11 Å². The van der Waals surface area contributed by atoms with Crippen LogP contribution in [0, 0.1) is 5.92 Å². The minimum Gasteiger partial charge on any atom is -0.497 e. The second kappa shape index (κ2) is 6.62. The molecule has 1 aliphatic carbocycles. The van der Waals surface area contributed by atoms with Crippen LogP contribution in [0.5, 0.6) is 5.75 Å². The Morgan fingerprint density at radius 1 is 1.28 bits per heavy atom. The summed E-state index contributed by atoms with van der Waals surface area (Å²) in [6.45, 7) is 6.01. The number of hydrogen-bond donors (Lipinski definition) is 0. The third-order valence-electron chi connectivity index (χ3n) is 4.99. The first-order valence-electron chi connectivity index (χ1n) is 8.93. The molecule has 5 heteroatoms. The number of fused-ring (bicyclic) bond motifs is 1. The van der Waals surface area contributed by atoms with Crippen LogP contribution in [0.25, 0.3) is 11.0 Å². The van der Waals surface area contributed by atoms with Gasteiger partial charge in [-0.25, -0.2) is 4.98 Å². The van der Waals surface area contributed by atoms with Crippen LogP contribution in [0.15, 0.2) is 23.0 Å². The first kappa shape index (κ1) is 17.6. The summed E-state index contributed by atoms with van der Waals surface area (Å²) in [7, 11) is 1.59. The van der Waals surface area contributed by atoms with E-state index in [9.17, 15) is 9.59 Å². The average molecular weight is 342 g/mol. The molecule has 1 aliphatic rings. The normalized spacial score (nSPS) is 15.7. The van der Waals surface area contributed by atoms with E-state index in [0.29, 0.717) is 22.5 Å². The first-order chi connectivity index (χ1) is 11.8. The zero-order valence-corrected chi connectivity index (χ0v) is 15.5. The van der Waals surface area contributed by atoms with Gasteiger partial charge in [0.25, 0.3) is 5.56 Å². The molecule has 0 unspecified atom stereocenters. The van der Waals surface area contributed by atoms with E-state index in [4.69, 9.17) is 4.74 Å². The number of methoxy groups -OCH3 is 1. The standard InChI is InChI=1S/C20H26N2O3/c1-20(2,3)18-19(24)22(12-17(23)13-7-5-6-8-13)16-11-14(25-4)9-10-15(16)21-18/h9-11,13H,5-8,12H2,1-4H3. The molecule has 0 saturated heterocycles. The van der Waals surface area contributed by atoms with Crippen molar-refractivity contribution in [2.24, 2.45) is 5.92 Å². The van der Waals surface area contributed by atoms with Gasteiger partial charge in [-0.1, -0.05) is 33.6 Å². The lowest BCUT2D eigenvalue weighted by Crippen LogP contribution is -2.35. The predicted molar refractivity (Wildman–Crippen MR) is 98.2 cm³/mol. The monoisotopic (exact) mass is 342 g/mol. The summed E-state index contributed by atoms with van der Waals surface area (Å²) in [5.74, 6) is 0.882. The van der Waals surface area contributed by atoms with Crippen LogP contribution in [0.2, 0.25) is 0 Å². The van der Waals surface area contributed by atoms with Gasteiger partial charge < -0.3 is 4.74 Å². The highest BCUT2D eigenvalue weighted by molar-refractivity contribution is 5.84. The van der Waals surface area contributed by atoms with Crippen molar-refractivity contribution in [2.45, 2.75) is 58.4 Å². The Hall–Kier alpha value is -2.17. The number of nitrogens with zero attached hydrogens (tertiary/aromatic N) is 2. The molecule has 25 heavy (non-hydrogen) atoms. The zero-order valence-electron chi connectivity index (χ0n) is 15.5. The number of benzene rings is 1. The fourth-order valence-corrected chi connectivity index (χ4v) is 3.52. The summed E-state index contributed by atoms with van der Waals surface area (Å²) in [6.07, 6.45) is 4.07. The molecule has 0 N–H and O–H groups in total. The Bertz CT molecular complexity index is 856. The Morgan fingerprint density at radius 3 is 2.56 bits per heavy atom. The van der Waals surface area contributed by atoms with Gasteiger partial charge in [-0.3, -0.25) is 14.2 Å². The van der Waals surface area contributed by atoms with Crippen LogP contribution in [0.4, 0.5) is 0 Å². The lowest BCUT2D eigenvalue weighted by molar-refractivity contribution is -0.123. The third-order valence-corrected chi connectivity index (χ3v) is 4.99. The third kappa shape index (κ3) is 3.46. The molecule has 1 aromatic heterocycles. The maximum absolute atomic E-state index is 13.1. The van der Waals surface area contributed by atoms with Crippen molar-refractivity contribution in [1.82, 2.24) is 9.55 Å². The summed E-state index contributed by atoms with van der Waals surface area (Å²) in [6, 6.07) is 5.47. The second-order valence-corrected chi connectivity index (χ2v) is 7.90. The lowest BCUT2D eigenvalue weighted by atomic mass is 9.92. The number of ether oxygens (including phenoxy) is 1. The van der Waals surface area contributed by atoms with E-state index < -0.39 is 0 Å². The lowest BCUT2D eigenvalue weighted by Gasteiger charge is -2.20.